The van der Waals surface area contributed by atoms with Crippen molar-refractivity contribution in [2.75, 3.05) is 5.32 Å². The highest BCUT2D eigenvalue weighted by Gasteiger charge is 2.00. The highest BCUT2D eigenvalue weighted by molar-refractivity contribution is 5.94. The number of carbonyl (C=O) groups is 1. The van der Waals surface area contributed by atoms with Gasteiger partial charge >= 0.3 is 0 Å². The fourth-order valence-electron chi connectivity index (χ4n) is 1.76. The van der Waals surface area contributed by atoms with Crippen LogP contribution < -0.4 is 5.32 Å². The molecule has 2 rings (SSSR count). The second-order valence-electron chi connectivity index (χ2n) is 4.48. The van der Waals surface area contributed by atoms with E-state index in [0.717, 1.165) is 17.8 Å². The average molecular weight is 239 g/mol. The molecule has 0 aliphatic carbocycles. The number of rotatable bonds is 4. The molecule has 2 nitrogen and oxygen atoms in total. The van der Waals surface area contributed by atoms with E-state index < -0.39 is 0 Å². The summed E-state index contributed by atoms with van der Waals surface area (Å²) in [6.07, 6.45) is 0. The van der Waals surface area contributed by atoms with Crippen LogP contribution in [0.1, 0.15) is 28.4 Å². The molecule has 92 valence electrons. The summed E-state index contributed by atoms with van der Waals surface area (Å²) in [5, 5.41) is 3.32. The van der Waals surface area contributed by atoms with Gasteiger partial charge in [0, 0.05) is 17.8 Å². The number of hydrogen-bond acceptors (Lipinski definition) is 2. The Labute approximate surface area is 108 Å². The first kappa shape index (κ1) is 12.4. The first-order valence-corrected chi connectivity index (χ1v) is 6.05. The fraction of sp³-hybridized carbons (Fsp3) is 0.188. The van der Waals surface area contributed by atoms with Gasteiger partial charge in [-0.05, 0) is 31.5 Å². The van der Waals surface area contributed by atoms with Crippen LogP contribution in [0.3, 0.4) is 0 Å². The van der Waals surface area contributed by atoms with E-state index in [1.165, 1.54) is 11.1 Å². The lowest BCUT2D eigenvalue weighted by Gasteiger charge is -2.07. The molecule has 0 atom stereocenters. The third kappa shape index (κ3) is 3.20. The molecule has 0 aromatic heterocycles. The van der Waals surface area contributed by atoms with Crippen LogP contribution in [0.5, 0.6) is 0 Å². The number of ketones is 1. The molecule has 0 unspecified atom stereocenters. The lowest BCUT2D eigenvalue weighted by Crippen LogP contribution is -2.00. The van der Waals surface area contributed by atoms with Crippen LogP contribution in [-0.2, 0) is 6.54 Å². The Morgan fingerprint density at radius 1 is 1.11 bits per heavy atom. The summed E-state index contributed by atoms with van der Waals surface area (Å²) in [5.41, 5.74) is 4.21. The Bertz CT molecular complexity index is 543. The summed E-state index contributed by atoms with van der Waals surface area (Å²) in [7, 11) is 0. The number of nitrogens with one attached hydrogen (secondary N) is 1. The molecule has 18 heavy (non-hydrogen) atoms. The fourth-order valence-corrected chi connectivity index (χ4v) is 1.76. The van der Waals surface area contributed by atoms with Gasteiger partial charge in [-0.1, -0.05) is 42.0 Å². The van der Waals surface area contributed by atoms with Crippen LogP contribution in [0.4, 0.5) is 5.69 Å². The molecule has 0 saturated carbocycles. The van der Waals surface area contributed by atoms with E-state index >= 15 is 0 Å². The molecule has 1 N–H and O–H groups in total. The Morgan fingerprint density at radius 2 is 1.83 bits per heavy atom. The molecule has 0 aliphatic heterocycles. The third-order valence-electron chi connectivity index (χ3n) is 2.89. The van der Waals surface area contributed by atoms with Gasteiger partial charge in [-0.3, -0.25) is 4.79 Å². The van der Waals surface area contributed by atoms with Crippen molar-refractivity contribution in [3.8, 4) is 0 Å². The van der Waals surface area contributed by atoms with E-state index in [-0.39, 0.29) is 5.78 Å². The minimum atomic E-state index is 0.0917. The van der Waals surface area contributed by atoms with Crippen molar-refractivity contribution < 1.29 is 4.79 Å². The summed E-state index contributed by atoms with van der Waals surface area (Å²) in [4.78, 5) is 11.3. The Kier molecular flexibility index (Phi) is 3.78. The Morgan fingerprint density at radius 3 is 2.50 bits per heavy atom. The van der Waals surface area contributed by atoms with Crippen LogP contribution in [0, 0.1) is 6.92 Å². The predicted molar refractivity (Wildman–Crippen MR) is 75.0 cm³/mol. The van der Waals surface area contributed by atoms with Crippen LogP contribution >= 0.6 is 0 Å². The number of benzene rings is 2. The number of aryl methyl sites for hydroxylation is 1. The topological polar surface area (TPSA) is 29.1 Å². The zero-order chi connectivity index (χ0) is 13.0. The van der Waals surface area contributed by atoms with Crippen LogP contribution in [0.2, 0.25) is 0 Å². The summed E-state index contributed by atoms with van der Waals surface area (Å²) in [6.45, 7) is 4.42. The largest absolute Gasteiger partial charge is 0.381 e. The normalized spacial score (nSPS) is 10.1. The van der Waals surface area contributed by atoms with Crippen LogP contribution in [0.15, 0.2) is 48.5 Å². The molecular weight excluding hydrogens is 222 g/mol. The number of anilines is 1. The van der Waals surface area contributed by atoms with Gasteiger partial charge in [0.2, 0.25) is 0 Å². The van der Waals surface area contributed by atoms with Crippen LogP contribution in [0.25, 0.3) is 0 Å². The minimum absolute atomic E-state index is 0.0917. The molecule has 0 radical (unpaired) electrons. The maximum absolute atomic E-state index is 11.3. The number of carbonyl (C=O) groups excluding carboxylic acids is 1. The maximum Gasteiger partial charge on any atom is 0.159 e. The molecular formula is C16H17NO. The van der Waals surface area contributed by atoms with Gasteiger partial charge in [0.1, 0.15) is 0 Å². The molecule has 0 heterocycles. The molecule has 0 aliphatic rings. The van der Waals surface area contributed by atoms with Crippen molar-refractivity contribution in [1.82, 2.24) is 0 Å². The van der Waals surface area contributed by atoms with E-state index in [9.17, 15) is 4.79 Å². The van der Waals surface area contributed by atoms with Gasteiger partial charge in [0.15, 0.2) is 5.78 Å². The van der Waals surface area contributed by atoms with Crippen molar-refractivity contribution in [3.63, 3.8) is 0 Å². The molecule has 0 saturated heterocycles. The standard InChI is InChI=1S/C16H17NO/c1-12-6-8-14(9-7-12)11-17-16-5-3-4-15(10-16)13(2)18/h3-10,17H,11H2,1-2H3. The maximum atomic E-state index is 11.3. The molecule has 0 bridgehead atoms. The van der Waals surface area contributed by atoms with Crippen molar-refractivity contribution in [2.45, 2.75) is 20.4 Å². The summed E-state index contributed by atoms with van der Waals surface area (Å²) in [5.74, 6) is 0.0917. The predicted octanol–water partition coefficient (Wildman–Crippen LogP) is 3.81. The monoisotopic (exact) mass is 239 g/mol. The van der Waals surface area contributed by atoms with Crippen molar-refractivity contribution in [2.24, 2.45) is 0 Å². The Hall–Kier alpha value is -2.09. The highest BCUT2D eigenvalue weighted by atomic mass is 16.1. The lowest BCUT2D eigenvalue weighted by atomic mass is 10.1. The van der Waals surface area contributed by atoms with Gasteiger partial charge in [-0.15, -0.1) is 0 Å². The Balaban J connectivity index is 2.04. The summed E-state index contributed by atoms with van der Waals surface area (Å²) >= 11 is 0. The molecule has 0 spiro atoms. The second kappa shape index (κ2) is 5.50. The average Bonchev–Trinajstić information content (AvgIpc) is 2.38. The van der Waals surface area contributed by atoms with E-state index in [0.29, 0.717) is 0 Å². The van der Waals surface area contributed by atoms with Gasteiger partial charge in [0.25, 0.3) is 0 Å². The van der Waals surface area contributed by atoms with Crippen molar-refractivity contribution in [1.29, 1.82) is 0 Å². The first-order chi connectivity index (χ1) is 8.65. The van der Waals surface area contributed by atoms with Gasteiger partial charge in [-0.2, -0.15) is 0 Å². The van der Waals surface area contributed by atoms with E-state index in [1.807, 2.05) is 24.3 Å². The highest BCUT2D eigenvalue weighted by Crippen LogP contribution is 2.13. The number of hydrogen-bond donors (Lipinski definition) is 1. The van der Waals surface area contributed by atoms with Gasteiger partial charge in [-0.25, -0.2) is 0 Å². The molecule has 2 aromatic carbocycles. The van der Waals surface area contributed by atoms with Crippen molar-refractivity contribution in [3.05, 3.63) is 65.2 Å². The van der Waals surface area contributed by atoms with Crippen molar-refractivity contribution >= 4 is 11.5 Å². The SMILES string of the molecule is CC(=O)c1cccc(NCc2ccc(C)cc2)c1. The zero-order valence-corrected chi connectivity index (χ0v) is 10.7. The van der Waals surface area contributed by atoms with E-state index in [2.05, 4.69) is 36.5 Å². The smallest absolute Gasteiger partial charge is 0.159 e. The van der Waals surface area contributed by atoms with Crippen LogP contribution in [-0.4, -0.2) is 5.78 Å². The second-order valence-corrected chi connectivity index (χ2v) is 4.48. The van der Waals surface area contributed by atoms with Gasteiger partial charge in [0.05, 0.1) is 0 Å². The minimum Gasteiger partial charge on any atom is -0.381 e. The third-order valence-corrected chi connectivity index (χ3v) is 2.89. The zero-order valence-electron chi connectivity index (χ0n) is 10.7. The summed E-state index contributed by atoms with van der Waals surface area (Å²) in [6, 6.07) is 16.0. The number of Topliss-reactive ketones (excluding diaryl/α,β-unsaturated/α-hetero) is 1. The lowest BCUT2D eigenvalue weighted by molar-refractivity contribution is 0.101. The van der Waals surface area contributed by atoms with E-state index in [1.54, 1.807) is 6.92 Å². The molecule has 0 amide bonds. The quantitative estimate of drug-likeness (QED) is 0.822. The molecule has 2 heteroatoms. The van der Waals surface area contributed by atoms with Gasteiger partial charge < -0.3 is 5.32 Å². The first-order valence-electron chi connectivity index (χ1n) is 6.05. The molecule has 0 fully saturated rings. The van der Waals surface area contributed by atoms with E-state index in [4.69, 9.17) is 0 Å². The molecule has 2 aromatic rings. The summed E-state index contributed by atoms with van der Waals surface area (Å²) < 4.78 is 0.